The number of carbonyl (C=O) groups is 2. The predicted octanol–water partition coefficient (Wildman–Crippen LogP) is 3.29. The SMILES string of the molecule is CCCCCCCC(=O)NNC(=O)c1c[nH]c2ccccc12. The molecule has 0 saturated carbocycles. The summed E-state index contributed by atoms with van der Waals surface area (Å²) < 4.78 is 0. The van der Waals surface area contributed by atoms with Crippen LogP contribution >= 0.6 is 0 Å². The van der Waals surface area contributed by atoms with Crippen LogP contribution in [0.15, 0.2) is 30.5 Å². The summed E-state index contributed by atoms with van der Waals surface area (Å²) >= 11 is 0. The van der Waals surface area contributed by atoms with Gasteiger partial charge in [0.2, 0.25) is 5.91 Å². The molecular weight excluding hydrogens is 278 g/mol. The normalized spacial score (nSPS) is 10.6. The average Bonchev–Trinajstić information content (AvgIpc) is 2.96. The van der Waals surface area contributed by atoms with E-state index < -0.39 is 0 Å². The zero-order valence-electron chi connectivity index (χ0n) is 12.9. The smallest absolute Gasteiger partial charge is 0.271 e. The second-order valence-electron chi connectivity index (χ2n) is 5.41. The first-order valence-electron chi connectivity index (χ1n) is 7.87. The molecular formula is C17H23N3O2. The lowest BCUT2D eigenvalue weighted by molar-refractivity contribution is -0.122. The van der Waals surface area contributed by atoms with Gasteiger partial charge >= 0.3 is 0 Å². The van der Waals surface area contributed by atoms with Gasteiger partial charge in [-0.3, -0.25) is 20.4 Å². The minimum absolute atomic E-state index is 0.148. The van der Waals surface area contributed by atoms with Gasteiger partial charge in [0.1, 0.15) is 0 Å². The summed E-state index contributed by atoms with van der Waals surface area (Å²) in [6.07, 6.45) is 7.55. The van der Waals surface area contributed by atoms with E-state index in [1.165, 1.54) is 12.8 Å². The molecule has 0 fully saturated rings. The molecule has 0 radical (unpaired) electrons. The molecule has 2 aromatic rings. The van der Waals surface area contributed by atoms with Crippen LogP contribution in [0.2, 0.25) is 0 Å². The molecule has 0 spiro atoms. The number of unbranched alkanes of at least 4 members (excludes halogenated alkanes) is 4. The maximum atomic E-state index is 12.1. The van der Waals surface area contributed by atoms with Gasteiger partial charge in [0, 0.05) is 23.5 Å². The first-order chi connectivity index (χ1) is 10.7. The lowest BCUT2D eigenvalue weighted by Crippen LogP contribution is -2.41. The molecule has 5 nitrogen and oxygen atoms in total. The Hall–Kier alpha value is -2.30. The maximum absolute atomic E-state index is 12.1. The Bertz CT molecular complexity index is 634. The molecule has 118 valence electrons. The van der Waals surface area contributed by atoms with Crippen LogP contribution < -0.4 is 10.9 Å². The van der Waals surface area contributed by atoms with Crippen molar-refractivity contribution in [3.05, 3.63) is 36.0 Å². The van der Waals surface area contributed by atoms with Crippen molar-refractivity contribution in [1.29, 1.82) is 0 Å². The van der Waals surface area contributed by atoms with Gasteiger partial charge in [-0.1, -0.05) is 50.8 Å². The van der Waals surface area contributed by atoms with Crippen LogP contribution in [0.1, 0.15) is 55.8 Å². The quantitative estimate of drug-likeness (QED) is 0.542. The summed E-state index contributed by atoms with van der Waals surface area (Å²) in [6, 6.07) is 7.56. The molecule has 2 rings (SSSR count). The van der Waals surface area contributed by atoms with Crippen molar-refractivity contribution in [2.75, 3.05) is 0 Å². The lowest BCUT2D eigenvalue weighted by atomic mass is 10.1. The van der Waals surface area contributed by atoms with E-state index in [9.17, 15) is 9.59 Å². The molecule has 0 unspecified atom stereocenters. The van der Waals surface area contributed by atoms with Gasteiger partial charge < -0.3 is 4.98 Å². The zero-order chi connectivity index (χ0) is 15.8. The fourth-order valence-corrected chi connectivity index (χ4v) is 2.40. The Kier molecular flexibility index (Phi) is 6.01. The standard InChI is InChI=1S/C17H23N3O2/c1-2-3-4-5-6-11-16(21)19-20-17(22)14-12-18-15-10-8-7-9-13(14)15/h7-10,12,18H,2-6,11H2,1H3,(H,19,21)(H,20,22). The van der Waals surface area contributed by atoms with Gasteiger partial charge in [-0.25, -0.2) is 0 Å². The first-order valence-corrected chi connectivity index (χ1v) is 7.87. The number of amides is 2. The van der Waals surface area contributed by atoms with E-state index in [4.69, 9.17) is 0 Å². The van der Waals surface area contributed by atoms with Gasteiger partial charge in [0.05, 0.1) is 5.56 Å². The van der Waals surface area contributed by atoms with Crippen LogP contribution in [0.5, 0.6) is 0 Å². The number of aromatic nitrogens is 1. The molecule has 3 N–H and O–H groups in total. The Morgan fingerprint density at radius 3 is 2.64 bits per heavy atom. The van der Waals surface area contributed by atoms with Crippen LogP contribution in [-0.2, 0) is 4.79 Å². The number of hydrogen-bond donors (Lipinski definition) is 3. The minimum Gasteiger partial charge on any atom is -0.360 e. The summed E-state index contributed by atoms with van der Waals surface area (Å²) in [5, 5.41) is 0.841. The molecule has 0 bridgehead atoms. The van der Waals surface area contributed by atoms with E-state index in [0.29, 0.717) is 12.0 Å². The molecule has 1 aromatic heterocycles. The Morgan fingerprint density at radius 2 is 1.82 bits per heavy atom. The maximum Gasteiger partial charge on any atom is 0.271 e. The Morgan fingerprint density at radius 1 is 1.05 bits per heavy atom. The summed E-state index contributed by atoms with van der Waals surface area (Å²) in [4.78, 5) is 26.8. The van der Waals surface area contributed by atoms with Gasteiger partial charge in [0.15, 0.2) is 0 Å². The number of hydrogen-bond acceptors (Lipinski definition) is 2. The van der Waals surface area contributed by atoms with Gasteiger partial charge in [0.25, 0.3) is 5.91 Å². The predicted molar refractivity (Wildman–Crippen MR) is 87.3 cm³/mol. The summed E-state index contributed by atoms with van der Waals surface area (Å²) in [7, 11) is 0. The molecule has 5 heteroatoms. The van der Waals surface area contributed by atoms with Crippen molar-refractivity contribution >= 4 is 22.7 Å². The molecule has 2 amide bonds. The topological polar surface area (TPSA) is 74.0 Å². The molecule has 0 atom stereocenters. The third-order valence-corrected chi connectivity index (χ3v) is 3.66. The number of benzene rings is 1. The Balaban J connectivity index is 1.77. The summed E-state index contributed by atoms with van der Waals surface area (Å²) in [6.45, 7) is 2.16. The lowest BCUT2D eigenvalue weighted by Gasteiger charge is -2.06. The summed E-state index contributed by atoms with van der Waals surface area (Å²) in [5.41, 5.74) is 6.37. The number of aromatic amines is 1. The highest BCUT2D eigenvalue weighted by Crippen LogP contribution is 2.17. The number of H-pyrrole nitrogens is 1. The molecule has 0 aliphatic rings. The van der Waals surface area contributed by atoms with E-state index in [1.807, 2.05) is 24.3 Å². The summed E-state index contributed by atoms with van der Waals surface area (Å²) in [5.74, 6) is -0.457. The number of hydrazine groups is 1. The largest absolute Gasteiger partial charge is 0.360 e. The van der Waals surface area contributed by atoms with Crippen LogP contribution in [-0.4, -0.2) is 16.8 Å². The molecule has 0 saturated heterocycles. The van der Waals surface area contributed by atoms with Crippen LogP contribution in [0.25, 0.3) is 10.9 Å². The van der Waals surface area contributed by atoms with Crippen molar-refractivity contribution in [3.8, 4) is 0 Å². The fraction of sp³-hybridized carbons (Fsp3) is 0.412. The van der Waals surface area contributed by atoms with Crippen LogP contribution in [0.4, 0.5) is 0 Å². The molecule has 0 aliphatic heterocycles. The van der Waals surface area contributed by atoms with Crippen LogP contribution in [0, 0.1) is 0 Å². The average molecular weight is 301 g/mol. The van der Waals surface area contributed by atoms with E-state index >= 15 is 0 Å². The molecule has 1 heterocycles. The Labute approximate surface area is 130 Å². The van der Waals surface area contributed by atoms with Crippen molar-refractivity contribution < 1.29 is 9.59 Å². The fourth-order valence-electron chi connectivity index (χ4n) is 2.40. The van der Waals surface area contributed by atoms with Gasteiger partial charge in [-0.05, 0) is 12.5 Å². The number of rotatable bonds is 7. The van der Waals surface area contributed by atoms with Crippen molar-refractivity contribution in [2.45, 2.75) is 45.4 Å². The highest BCUT2D eigenvalue weighted by atomic mass is 16.2. The van der Waals surface area contributed by atoms with Crippen molar-refractivity contribution in [2.24, 2.45) is 0 Å². The van der Waals surface area contributed by atoms with E-state index in [1.54, 1.807) is 6.20 Å². The van der Waals surface area contributed by atoms with Gasteiger partial charge in [-0.15, -0.1) is 0 Å². The second-order valence-corrected chi connectivity index (χ2v) is 5.41. The highest BCUT2D eigenvalue weighted by Gasteiger charge is 2.12. The first kappa shape index (κ1) is 16.1. The van der Waals surface area contributed by atoms with Gasteiger partial charge in [-0.2, -0.15) is 0 Å². The number of para-hydroxylation sites is 1. The molecule has 0 aliphatic carbocycles. The minimum atomic E-state index is -0.309. The van der Waals surface area contributed by atoms with Crippen LogP contribution in [0.3, 0.4) is 0 Å². The van der Waals surface area contributed by atoms with Crippen molar-refractivity contribution in [1.82, 2.24) is 15.8 Å². The molecule has 22 heavy (non-hydrogen) atoms. The second kappa shape index (κ2) is 8.22. The number of nitrogens with one attached hydrogen (secondary N) is 3. The van der Waals surface area contributed by atoms with E-state index in [2.05, 4.69) is 22.8 Å². The number of fused-ring (bicyclic) bond motifs is 1. The number of carbonyl (C=O) groups excluding carboxylic acids is 2. The van der Waals surface area contributed by atoms with Crippen molar-refractivity contribution in [3.63, 3.8) is 0 Å². The van der Waals surface area contributed by atoms with E-state index in [-0.39, 0.29) is 11.8 Å². The third-order valence-electron chi connectivity index (χ3n) is 3.66. The third kappa shape index (κ3) is 4.35. The monoisotopic (exact) mass is 301 g/mol. The molecule has 1 aromatic carbocycles. The highest BCUT2D eigenvalue weighted by molar-refractivity contribution is 6.07. The van der Waals surface area contributed by atoms with E-state index in [0.717, 1.165) is 30.2 Å². The zero-order valence-corrected chi connectivity index (χ0v) is 12.9.